The lowest BCUT2D eigenvalue weighted by molar-refractivity contribution is 0.0706. The first kappa shape index (κ1) is 13.9. The molecule has 0 radical (unpaired) electrons. The molecular weight excluding hydrogens is 314 g/mol. The maximum absolute atomic E-state index is 12.4. The van der Waals surface area contributed by atoms with E-state index in [9.17, 15) is 4.79 Å². The van der Waals surface area contributed by atoms with Gasteiger partial charge in [0.25, 0.3) is 5.91 Å². The predicted octanol–water partition coefficient (Wildman–Crippen LogP) is 4.36. The Morgan fingerprint density at radius 1 is 1.50 bits per heavy atom. The van der Waals surface area contributed by atoms with E-state index in [0.29, 0.717) is 16.5 Å². The van der Waals surface area contributed by atoms with Gasteiger partial charge in [-0.3, -0.25) is 4.79 Å². The molecule has 4 heteroatoms. The molecule has 0 atom stereocenters. The van der Waals surface area contributed by atoms with Crippen molar-refractivity contribution in [3.8, 4) is 0 Å². The summed E-state index contributed by atoms with van der Waals surface area (Å²) in [6.45, 7) is 3.61. The molecule has 1 aliphatic rings. The Bertz CT molecular complexity index is 445. The lowest BCUT2D eigenvalue weighted by Crippen LogP contribution is -2.37. The molecule has 1 fully saturated rings. The van der Waals surface area contributed by atoms with E-state index in [1.165, 1.54) is 19.3 Å². The van der Waals surface area contributed by atoms with E-state index >= 15 is 0 Å². The van der Waals surface area contributed by atoms with Crippen molar-refractivity contribution in [2.75, 3.05) is 13.1 Å². The van der Waals surface area contributed by atoms with Crippen LogP contribution in [0, 0.1) is 5.92 Å². The Kier molecular flexibility index (Phi) is 4.68. The number of nitrogens with zero attached hydrogens (tertiary/aromatic N) is 1. The molecule has 0 N–H and O–H groups in total. The van der Waals surface area contributed by atoms with Crippen LogP contribution in [0.25, 0.3) is 0 Å². The van der Waals surface area contributed by atoms with Crippen LogP contribution >= 0.6 is 27.5 Å². The molecule has 1 aromatic carbocycles. The van der Waals surface area contributed by atoms with Crippen LogP contribution in [0.2, 0.25) is 5.02 Å². The van der Waals surface area contributed by atoms with Gasteiger partial charge in [0.2, 0.25) is 0 Å². The molecular formula is C14H17BrClNO. The molecule has 0 unspecified atom stereocenters. The third-order valence-corrected chi connectivity index (χ3v) is 4.35. The van der Waals surface area contributed by atoms with E-state index in [4.69, 9.17) is 11.6 Å². The van der Waals surface area contributed by atoms with Gasteiger partial charge in [0, 0.05) is 17.6 Å². The van der Waals surface area contributed by atoms with Gasteiger partial charge in [0.05, 0.1) is 10.6 Å². The fourth-order valence-corrected chi connectivity index (χ4v) is 2.73. The molecule has 18 heavy (non-hydrogen) atoms. The standard InChI is InChI=1S/C14H17BrClNO/c1-2-17(9-10-4-3-5-10)14(18)12-8-11(15)6-7-13(12)16/h6-8,10H,2-5,9H2,1H3. The van der Waals surface area contributed by atoms with E-state index in [-0.39, 0.29) is 5.91 Å². The molecule has 0 spiro atoms. The monoisotopic (exact) mass is 329 g/mol. The van der Waals surface area contributed by atoms with Gasteiger partial charge in [-0.05, 0) is 43.9 Å². The summed E-state index contributed by atoms with van der Waals surface area (Å²) in [6.07, 6.45) is 3.79. The lowest BCUT2D eigenvalue weighted by Gasteiger charge is -2.32. The molecule has 98 valence electrons. The van der Waals surface area contributed by atoms with Crippen LogP contribution in [0.15, 0.2) is 22.7 Å². The van der Waals surface area contributed by atoms with Crippen molar-refractivity contribution in [2.45, 2.75) is 26.2 Å². The van der Waals surface area contributed by atoms with Gasteiger partial charge in [-0.1, -0.05) is 34.0 Å². The lowest BCUT2D eigenvalue weighted by atomic mass is 9.85. The van der Waals surface area contributed by atoms with Crippen LogP contribution in [0.4, 0.5) is 0 Å². The number of carbonyl (C=O) groups excluding carboxylic acids is 1. The van der Waals surface area contributed by atoms with Gasteiger partial charge in [0.1, 0.15) is 0 Å². The Hall–Kier alpha value is -0.540. The second-order valence-corrected chi connectivity index (χ2v) is 6.09. The zero-order valence-electron chi connectivity index (χ0n) is 10.5. The summed E-state index contributed by atoms with van der Waals surface area (Å²) < 4.78 is 0.884. The number of halogens is 2. The quantitative estimate of drug-likeness (QED) is 0.803. The van der Waals surface area contributed by atoms with Crippen molar-refractivity contribution >= 4 is 33.4 Å². The first-order valence-electron chi connectivity index (χ1n) is 6.36. The number of hydrogen-bond acceptors (Lipinski definition) is 1. The van der Waals surface area contributed by atoms with Crippen molar-refractivity contribution in [3.05, 3.63) is 33.3 Å². The van der Waals surface area contributed by atoms with Crippen molar-refractivity contribution in [1.82, 2.24) is 4.90 Å². The Morgan fingerprint density at radius 3 is 2.78 bits per heavy atom. The van der Waals surface area contributed by atoms with Crippen LogP contribution in [-0.4, -0.2) is 23.9 Å². The molecule has 2 nitrogen and oxygen atoms in total. The van der Waals surface area contributed by atoms with E-state index in [1.54, 1.807) is 12.1 Å². The van der Waals surface area contributed by atoms with Crippen LogP contribution in [0.1, 0.15) is 36.5 Å². The largest absolute Gasteiger partial charge is 0.339 e. The van der Waals surface area contributed by atoms with E-state index in [2.05, 4.69) is 15.9 Å². The Balaban J connectivity index is 2.14. The molecule has 0 saturated heterocycles. The average Bonchev–Trinajstić information content (AvgIpc) is 2.30. The second-order valence-electron chi connectivity index (χ2n) is 4.76. The average molecular weight is 331 g/mol. The summed E-state index contributed by atoms with van der Waals surface area (Å²) >= 11 is 9.49. The number of rotatable bonds is 4. The molecule has 2 rings (SSSR count). The highest BCUT2D eigenvalue weighted by atomic mass is 79.9. The summed E-state index contributed by atoms with van der Waals surface area (Å²) in [5.41, 5.74) is 0.590. The SMILES string of the molecule is CCN(CC1CCC1)C(=O)c1cc(Br)ccc1Cl. The van der Waals surface area contributed by atoms with Gasteiger partial charge in [-0.15, -0.1) is 0 Å². The third kappa shape index (κ3) is 3.07. The third-order valence-electron chi connectivity index (χ3n) is 3.53. The zero-order valence-corrected chi connectivity index (χ0v) is 12.8. The Labute approximate surface area is 121 Å². The summed E-state index contributed by atoms with van der Waals surface area (Å²) in [6, 6.07) is 5.41. The summed E-state index contributed by atoms with van der Waals surface area (Å²) in [5.74, 6) is 0.718. The molecule has 1 saturated carbocycles. The van der Waals surface area contributed by atoms with Gasteiger partial charge >= 0.3 is 0 Å². The maximum atomic E-state index is 12.4. The summed E-state index contributed by atoms with van der Waals surface area (Å²) in [7, 11) is 0. The molecule has 0 aromatic heterocycles. The minimum atomic E-state index is 0.0377. The van der Waals surface area contributed by atoms with Gasteiger partial charge < -0.3 is 4.90 Å². The van der Waals surface area contributed by atoms with Crippen LogP contribution in [0.3, 0.4) is 0 Å². The zero-order chi connectivity index (χ0) is 13.1. The summed E-state index contributed by atoms with van der Waals surface area (Å²) in [5, 5.41) is 0.523. The smallest absolute Gasteiger partial charge is 0.255 e. The first-order valence-corrected chi connectivity index (χ1v) is 7.53. The van der Waals surface area contributed by atoms with Crippen LogP contribution < -0.4 is 0 Å². The Morgan fingerprint density at radius 2 is 2.22 bits per heavy atom. The minimum Gasteiger partial charge on any atom is -0.339 e. The topological polar surface area (TPSA) is 20.3 Å². The van der Waals surface area contributed by atoms with Gasteiger partial charge in [-0.2, -0.15) is 0 Å². The minimum absolute atomic E-state index is 0.0377. The molecule has 1 amide bonds. The van der Waals surface area contributed by atoms with Gasteiger partial charge in [0.15, 0.2) is 0 Å². The van der Waals surface area contributed by atoms with Crippen molar-refractivity contribution < 1.29 is 4.79 Å². The number of carbonyl (C=O) groups is 1. The fourth-order valence-electron chi connectivity index (χ4n) is 2.17. The number of amides is 1. The predicted molar refractivity (Wildman–Crippen MR) is 78.1 cm³/mol. The second kappa shape index (κ2) is 6.07. The van der Waals surface area contributed by atoms with Crippen molar-refractivity contribution in [2.24, 2.45) is 5.92 Å². The van der Waals surface area contributed by atoms with Gasteiger partial charge in [-0.25, -0.2) is 0 Å². The molecule has 1 aliphatic carbocycles. The fraction of sp³-hybridized carbons (Fsp3) is 0.500. The van der Waals surface area contributed by atoms with Crippen LogP contribution in [0.5, 0.6) is 0 Å². The maximum Gasteiger partial charge on any atom is 0.255 e. The van der Waals surface area contributed by atoms with Crippen molar-refractivity contribution in [1.29, 1.82) is 0 Å². The normalized spacial score (nSPS) is 15.3. The highest BCUT2D eigenvalue weighted by Crippen LogP contribution is 2.28. The van der Waals surface area contributed by atoms with E-state index in [0.717, 1.165) is 17.6 Å². The van der Waals surface area contributed by atoms with E-state index in [1.807, 2.05) is 17.9 Å². The first-order chi connectivity index (χ1) is 8.61. The van der Waals surface area contributed by atoms with Crippen molar-refractivity contribution in [3.63, 3.8) is 0 Å². The number of benzene rings is 1. The summed E-state index contributed by atoms with van der Waals surface area (Å²) in [4.78, 5) is 14.3. The molecule has 0 aliphatic heterocycles. The highest BCUT2D eigenvalue weighted by molar-refractivity contribution is 9.10. The number of hydrogen-bond donors (Lipinski definition) is 0. The highest BCUT2D eigenvalue weighted by Gasteiger charge is 2.24. The van der Waals surface area contributed by atoms with E-state index < -0.39 is 0 Å². The molecule has 0 heterocycles. The molecule has 0 bridgehead atoms. The molecule has 1 aromatic rings. The van der Waals surface area contributed by atoms with Crippen LogP contribution in [-0.2, 0) is 0 Å².